The molecule has 0 aromatic rings. The van der Waals surface area contributed by atoms with E-state index in [4.69, 9.17) is 10.00 Å². The lowest BCUT2D eigenvalue weighted by Crippen LogP contribution is -2.31. The molecule has 12 heavy (non-hydrogen) atoms. The van der Waals surface area contributed by atoms with Crippen LogP contribution in [0.3, 0.4) is 0 Å². The van der Waals surface area contributed by atoms with Gasteiger partial charge < -0.3 is 4.74 Å². The van der Waals surface area contributed by atoms with Gasteiger partial charge in [0.25, 0.3) is 0 Å². The number of ether oxygens (including phenoxy) is 1. The number of Topliss-reactive ketones (excluding diaryl/α,β-unsaturated/α-hetero) is 1. The van der Waals surface area contributed by atoms with Crippen molar-refractivity contribution in [1.82, 2.24) is 0 Å². The maximum atomic E-state index is 11.4. The van der Waals surface area contributed by atoms with Gasteiger partial charge in [-0.2, -0.15) is 5.26 Å². The van der Waals surface area contributed by atoms with E-state index in [0.717, 1.165) is 19.3 Å². The minimum absolute atomic E-state index is 0.0581. The highest BCUT2D eigenvalue weighted by atomic mass is 16.5. The highest BCUT2D eigenvalue weighted by Crippen LogP contribution is 2.16. The Balaban J connectivity index is 2.46. The summed E-state index contributed by atoms with van der Waals surface area (Å²) < 4.78 is 5.26. The predicted molar refractivity (Wildman–Crippen MR) is 43.4 cm³/mol. The lowest BCUT2D eigenvalue weighted by molar-refractivity contribution is -0.135. The van der Waals surface area contributed by atoms with Crippen LogP contribution in [0.15, 0.2) is 0 Å². The molecule has 0 aromatic heterocycles. The van der Waals surface area contributed by atoms with Gasteiger partial charge in [0.2, 0.25) is 0 Å². The summed E-state index contributed by atoms with van der Waals surface area (Å²) in [7, 11) is 0. The van der Waals surface area contributed by atoms with Crippen LogP contribution in [-0.4, -0.2) is 18.5 Å². The fourth-order valence-corrected chi connectivity index (χ4v) is 1.31. The van der Waals surface area contributed by atoms with E-state index in [1.807, 2.05) is 6.07 Å². The molecule has 0 saturated carbocycles. The zero-order valence-corrected chi connectivity index (χ0v) is 7.25. The van der Waals surface area contributed by atoms with Crippen LogP contribution in [0, 0.1) is 17.2 Å². The minimum Gasteiger partial charge on any atom is -0.370 e. The Morgan fingerprint density at radius 1 is 1.67 bits per heavy atom. The molecule has 2 unspecified atom stereocenters. The predicted octanol–water partition coefficient (Wildman–Crippen LogP) is 1.28. The Morgan fingerprint density at radius 2 is 2.42 bits per heavy atom. The van der Waals surface area contributed by atoms with Crippen LogP contribution < -0.4 is 0 Å². The number of rotatable bonds is 2. The summed E-state index contributed by atoms with van der Waals surface area (Å²) >= 11 is 0. The SMILES string of the molecule is CC(C#N)C(=O)C1CCCCO1. The fourth-order valence-electron chi connectivity index (χ4n) is 1.31. The number of carbonyl (C=O) groups excluding carboxylic acids is 1. The Morgan fingerprint density at radius 3 is 2.92 bits per heavy atom. The molecule has 1 saturated heterocycles. The number of ketones is 1. The Bertz CT molecular complexity index is 201. The van der Waals surface area contributed by atoms with Crippen molar-refractivity contribution in [2.45, 2.75) is 32.3 Å². The van der Waals surface area contributed by atoms with Crippen molar-refractivity contribution < 1.29 is 9.53 Å². The topological polar surface area (TPSA) is 50.1 Å². The number of hydrogen-bond donors (Lipinski definition) is 0. The molecule has 0 spiro atoms. The van der Waals surface area contributed by atoms with E-state index in [1.54, 1.807) is 6.92 Å². The van der Waals surface area contributed by atoms with Gasteiger partial charge in [-0.15, -0.1) is 0 Å². The van der Waals surface area contributed by atoms with Gasteiger partial charge >= 0.3 is 0 Å². The second kappa shape index (κ2) is 4.22. The Hall–Kier alpha value is -0.880. The van der Waals surface area contributed by atoms with Crippen molar-refractivity contribution in [2.24, 2.45) is 5.92 Å². The number of nitrogens with zero attached hydrogens (tertiary/aromatic N) is 1. The highest BCUT2D eigenvalue weighted by Gasteiger charge is 2.25. The quantitative estimate of drug-likeness (QED) is 0.622. The third-order valence-corrected chi connectivity index (χ3v) is 2.12. The van der Waals surface area contributed by atoms with Crippen molar-refractivity contribution in [3.8, 4) is 6.07 Å². The molecule has 3 nitrogen and oxygen atoms in total. The average Bonchev–Trinajstić information content (AvgIpc) is 2.17. The Labute approximate surface area is 72.3 Å². The largest absolute Gasteiger partial charge is 0.370 e. The molecular weight excluding hydrogens is 154 g/mol. The summed E-state index contributed by atoms with van der Waals surface area (Å²) in [4.78, 5) is 11.4. The third-order valence-electron chi connectivity index (χ3n) is 2.12. The molecule has 0 aromatic carbocycles. The van der Waals surface area contributed by atoms with Crippen LogP contribution >= 0.6 is 0 Å². The molecule has 0 radical (unpaired) electrons. The monoisotopic (exact) mass is 167 g/mol. The molecule has 3 heteroatoms. The number of carbonyl (C=O) groups is 1. The van der Waals surface area contributed by atoms with Gasteiger partial charge in [0, 0.05) is 6.61 Å². The summed E-state index contributed by atoms with van der Waals surface area (Å²) in [6.07, 6.45) is 2.54. The first-order valence-electron chi connectivity index (χ1n) is 4.30. The normalized spacial score (nSPS) is 25.8. The molecule has 1 aliphatic rings. The maximum absolute atomic E-state index is 11.4. The molecule has 1 fully saturated rings. The second-order valence-corrected chi connectivity index (χ2v) is 3.11. The van der Waals surface area contributed by atoms with E-state index in [9.17, 15) is 4.79 Å². The summed E-state index contributed by atoms with van der Waals surface area (Å²) in [6.45, 7) is 2.29. The molecular formula is C9H13NO2. The first kappa shape index (κ1) is 9.21. The van der Waals surface area contributed by atoms with Crippen LogP contribution in [-0.2, 0) is 9.53 Å². The van der Waals surface area contributed by atoms with Crippen LogP contribution in [0.2, 0.25) is 0 Å². The van der Waals surface area contributed by atoms with Gasteiger partial charge in [0.15, 0.2) is 5.78 Å². The zero-order valence-electron chi connectivity index (χ0n) is 7.25. The zero-order chi connectivity index (χ0) is 8.97. The third kappa shape index (κ3) is 2.05. The molecule has 2 atom stereocenters. The molecule has 66 valence electrons. The number of nitriles is 1. The first-order chi connectivity index (χ1) is 5.75. The average molecular weight is 167 g/mol. The Kier molecular flexibility index (Phi) is 3.24. The van der Waals surface area contributed by atoms with Gasteiger partial charge in [-0.1, -0.05) is 0 Å². The van der Waals surface area contributed by atoms with Crippen molar-refractivity contribution in [3.63, 3.8) is 0 Å². The van der Waals surface area contributed by atoms with Gasteiger partial charge in [-0.25, -0.2) is 0 Å². The smallest absolute Gasteiger partial charge is 0.178 e. The summed E-state index contributed by atoms with van der Waals surface area (Å²) in [5, 5.41) is 8.51. The standard InChI is InChI=1S/C9H13NO2/c1-7(6-10)9(11)8-4-2-3-5-12-8/h7-8H,2-5H2,1H3. The van der Waals surface area contributed by atoms with Crippen LogP contribution in [0.4, 0.5) is 0 Å². The van der Waals surface area contributed by atoms with E-state index in [1.165, 1.54) is 0 Å². The van der Waals surface area contributed by atoms with Gasteiger partial charge in [-0.05, 0) is 26.2 Å². The molecule has 0 amide bonds. The molecule has 1 heterocycles. The summed E-state index contributed by atoms with van der Waals surface area (Å²) in [5.41, 5.74) is 0. The minimum atomic E-state index is -0.520. The summed E-state index contributed by atoms with van der Waals surface area (Å²) in [6, 6.07) is 1.93. The molecule has 1 rings (SSSR count). The first-order valence-corrected chi connectivity index (χ1v) is 4.30. The van der Waals surface area contributed by atoms with Crippen molar-refractivity contribution >= 4 is 5.78 Å². The van der Waals surface area contributed by atoms with Crippen LogP contribution in [0.25, 0.3) is 0 Å². The van der Waals surface area contributed by atoms with E-state index in [0.29, 0.717) is 6.61 Å². The van der Waals surface area contributed by atoms with Crippen molar-refractivity contribution in [3.05, 3.63) is 0 Å². The van der Waals surface area contributed by atoms with Crippen molar-refractivity contribution in [1.29, 1.82) is 5.26 Å². The summed E-state index contributed by atoms with van der Waals surface area (Å²) in [5.74, 6) is -0.578. The lowest BCUT2D eigenvalue weighted by atomic mass is 9.98. The molecule has 0 aliphatic carbocycles. The number of hydrogen-bond acceptors (Lipinski definition) is 3. The van der Waals surface area contributed by atoms with E-state index in [-0.39, 0.29) is 11.9 Å². The fraction of sp³-hybridized carbons (Fsp3) is 0.778. The van der Waals surface area contributed by atoms with E-state index in [2.05, 4.69) is 0 Å². The van der Waals surface area contributed by atoms with E-state index >= 15 is 0 Å². The van der Waals surface area contributed by atoms with Gasteiger partial charge in [0.05, 0.1) is 6.07 Å². The highest BCUT2D eigenvalue weighted by molar-refractivity contribution is 5.87. The van der Waals surface area contributed by atoms with Crippen molar-refractivity contribution in [2.75, 3.05) is 6.61 Å². The van der Waals surface area contributed by atoms with E-state index < -0.39 is 5.92 Å². The molecule has 1 aliphatic heterocycles. The van der Waals surface area contributed by atoms with Crippen LogP contribution in [0.1, 0.15) is 26.2 Å². The van der Waals surface area contributed by atoms with Gasteiger partial charge in [0.1, 0.15) is 12.0 Å². The lowest BCUT2D eigenvalue weighted by Gasteiger charge is -2.21. The maximum Gasteiger partial charge on any atom is 0.178 e. The molecule has 0 bridgehead atoms. The van der Waals surface area contributed by atoms with Gasteiger partial charge in [-0.3, -0.25) is 4.79 Å². The molecule has 0 N–H and O–H groups in total. The second-order valence-electron chi connectivity index (χ2n) is 3.11. The van der Waals surface area contributed by atoms with Crippen LogP contribution in [0.5, 0.6) is 0 Å².